The van der Waals surface area contributed by atoms with Crippen molar-refractivity contribution in [3.05, 3.63) is 12.3 Å². The zero-order chi connectivity index (χ0) is 10.7. The summed E-state index contributed by atoms with van der Waals surface area (Å²) in [6, 6.07) is 0. The van der Waals surface area contributed by atoms with Crippen LogP contribution in [-0.4, -0.2) is 31.8 Å². The molecule has 0 saturated heterocycles. The Balaban J connectivity index is 0. The van der Waals surface area contributed by atoms with Crippen LogP contribution < -0.4 is 0 Å². The van der Waals surface area contributed by atoms with Gasteiger partial charge in [-0.05, 0) is 0 Å². The minimum Gasteiger partial charge on any atom is -0.400 e. The smallest absolute Gasteiger partial charge is 0.0319 e. The molecule has 1 radical (unpaired) electrons. The molecule has 1 unspecified atom stereocenters. The number of aliphatic hydroxyl groups excluding tert-OH is 1. The number of hydrogen-bond acceptors (Lipinski definition) is 2. The van der Waals surface area contributed by atoms with Crippen LogP contribution >= 0.6 is 20.0 Å². The number of hydrogen-bond donors (Lipinski definition) is 1. The van der Waals surface area contributed by atoms with Gasteiger partial charge in [0.15, 0.2) is 0 Å². The number of allylic oxidation sites excluding steroid dienone is 1. The molecule has 0 bridgehead atoms. The van der Waals surface area contributed by atoms with Crippen molar-refractivity contribution in [2.75, 3.05) is 14.2 Å². The van der Waals surface area contributed by atoms with Gasteiger partial charge in [-0.3, -0.25) is 0 Å². The maximum atomic E-state index is 7.00. The zero-order valence-electron chi connectivity index (χ0n) is 8.26. The van der Waals surface area contributed by atoms with E-state index in [0.717, 1.165) is 20.0 Å². The van der Waals surface area contributed by atoms with Gasteiger partial charge in [0.25, 0.3) is 0 Å². The molecule has 0 amide bonds. The Morgan fingerprint density at radius 1 is 1.46 bits per heavy atom. The molecule has 0 aromatic rings. The Bertz CT molecular complexity index is 121. The third-order valence-electron chi connectivity index (χ3n) is 1.33. The van der Waals surface area contributed by atoms with Gasteiger partial charge in [-0.1, -0.05) is 0 Å². The van der Waals surface area contributed by atoms with E-state index in [4.69, 9.17) is 29.9 Å². The van der Waals surface area contributed by atoms with Crippen molar-refractivity contribution in [1.29, 1.82) is 0 Å². The molecule has 5 heteroatoms. The molecule has 0 rings (SSSR count). The van der Waals surface area contributed by atoms with E-state index in [1.807, 2.05) is 6.08 Å². The van der Waals surface area contributed by atoms with Gasteiger partial charge in [0, 0.05) is 7.11 Å². The summed E-state index contributed by atoms with van der Waals surface area (Å²) in [6.07, 6.45) is 5.83. The fourth-order valence-corrected chi connectivity index (χ4v) is 4.19. The molecular weight excluding hydrogens is 272 g/mol. The predicted molar refractivity (Wildman–Crippen MR) is 60.4 cm³/mol. The molecule has 0 heterocycles. The average molecular weight is 289 g/mol. The van der Waals surface area contributed by atoms with Crippen LogP contribution in [0.25, 0.3) is 0 Å². The molecular formula is C8H17Cl2GeO2. The van der Waals surface area contributed by atoms with E-state index in [2.05, 4.69) is 6.92 Å². The summed E-state index contributed by atoms with van der Waals surface area (Å²) in [7, 11) is 14.4. The molecule has 79 valence electrons. The molecule has 13 heavy (non-hydrogen) atoms. The second-order valence-corrected chi connectivity index (χ2v) is 10.3. The third-order valence-corrected chi connectivity index (χ3v) is 6.43. The first kappa shape index (κ1) is 16.1. The standard InChI is InChI=1S/C7H13Cl2GeO.CH4O/c1-3-4-7(10(8)9)5-6-11-2;1-2/h5-7H,3-4H2,1-2H3;2H,1H3/b6-5-;. The SMILES string of the molecule is CCC[CH](/C=C\OC)[Ge]([Cl])[Cl].CO. The Hall–Kier alpha value is 0.623. The summed E-state index contributed by atoms with van der Waals surface area (Å²) in [4.78, 5) is 0. The Morgan fingerprint density at radius 3 is 2.31 bits per heavy atom. The Morgan fingerprint density at radius 2 is 2.00 bits per heavy atom. The molecule has 1 N–H and O–H groups in total. The van der Waals surface area contributed by atoms with E-state index in [0.29, 0.717) is 4.75 Å². The molecule has 0 aliphatic heterocycles. The second kappa shape index (κ2) is 12.6. The van der Waals surface area contributed by atoms with E-state index in [9.17, 15) is 0 Å². The first-order valence-corrected chi connectivity index (χ1v) is 10.8. The fraction of sp³-hybridized carbons (Fsp3) is 0.750. The van der Waals surface area contributed by atoms with Crippen LogP contribution in [0.4, 0.5) is 0 Å². The van der Waals surface area contributed by atoms with E-state index >= 15 is 0 Å². The van der Waals surface area contributed by atoms with Crippen molar-refractivity contribution < 1.29 is 9.84 Å². The molecule has 0 aromatic heterocycles. The first-order chi connectivity index (χ1) is 6.22. The van der Waals surface area contributed by atoms with Crippen LogP contribution in [0.3, 0.4) is 0 Å². The van der Waals surface area contributed by atoms with Gasteiger partial charge in [0.1, 0.15) is 0 Å². The van der Waals surface area contributed by atoms with Crippen LogP contribution in [0.1, 0.15) is 19.8 Å². The largest absolute Gasteiger partial charge is 0.400 e. The van der Waals surface area contributed by atoms with Crippen molar-refractivity contribution in [3.8, 4) is 0 Å². The minimum atomic E-state index is -1.80. The fourth-order valence-electron chi connectivity index (χ4n) is 0.762. The van der Waals surface area contributed by atoms with Gasteiger partial charge in [0.05, 0.1) is 0 Å². The Labute approximate surface area is 93.3 Å². The topological polar surface area (TPSA) is 29.5 Å². The van der Waals surface area contributed by atoms with Crippen LogP contribution in [0.5, 0.6) is 0 Å². The van der Waals surface area contributed by atoms with Gasteiger partial charge < -0.3 is 5.11 Å². The van der Waals surface area contributed by atoms with Gasteiger partial charge in [-0.15, -0.1) is 0 Å². The maximum Gasteiger partial charge on any atom is 0.0319 e. The van der Waals surface area contributed by atoms with Crippen LogP contribution in [0, 0.1) is 0 Å². The first-order valence-electron chi connectivity index (χ1n) is 4.04. The summed E-state index contributed by atoms with van der Waals surface area (Å²) in [5.74, 6) is 0. The molecule has 1 atom stereocenters. The van der Waals surface area contributed by atoms with E-state index in [1.165, 1.54) is 0 Å². The summed E-state index contributed by atoms with van der Waals surface area (Å²) in [6.45, 7) is 2.13. The van der Waals surface area contributed by atoms with Crippen LogP contribution in [0.15, 0.2) is 12.3 Å². The van der Waals surface area contributed by atoms with Crippen LogP contribution in [0.2, 0.25) is 4.75 Å². The minimum absolute atomic E-state index is 0.378. The van der Waals surface area contributed by atoms with Gasteiger partial charge in [-0.2, -0.15) is 0 Å². The van der Waals surface area contributed by atoms with E-state index in [-0.39, 0.29) is 0 Å². The molecule has 2 nitrogen and oxygen atoms in total. The molecule has 0 spiro atoms. The number of rotatable bonds is 5. The second-order valence-electron chi connectivity index (χ2n) is 2.25. The molecule has 0 saturated carbocycles. The van der Waals surface area contributed by atoms with Crippen molar-refractivity contribution in [1.82, 2.24) is 0 Å². The van der Waals surface area contributed by atoms with Crippen molar-refractivity contribution in [2.45, 2.75) is 24.5 Å². The van der Waals surface area contributed by atoms with Gasteiger partial charge >= 0.3 is 81.2 Å². The summed E-state index contributed by atoms with van der Waals surface area (Å²) in [5.41, 5.74) is 0. The van der Waals surface area contributed by atoms with Gasteiger partial charge in [0.2, 0.25) is 0 Å². The Kier molecular flexibility index (Phi) is 15.6. The molecule has 0 aliphatic rings. The third kappa shape index (κ3) is 10.5. The molecule has 0 aromatic carbocycles. The van der Waals surface area contributed by atoms with Crippen molar-refractivity contribution in [2.24, 2.45) is 0 Å². The molecule has 0 aliphatic carbocycles. The monoisotopic (exact) mass is 289 g/mol. The summed E-state index contributed by atoms with van der Waals surface area (Å²) < 4.78 is 5.18. The van der Waals surface area contributed by atoms with Gasteiger partial charge in [-0.25, -0.2) is 0 Å². The normalized spacial score (nSPS) is 12.5. The molecule has 0 fully saturated rings. The van der Waals surface area contributed by atoms with Crippen molar-refractivity contribution >= 4 is 32.5 Å². The number of methoxy groups -OCH3 is 1. The number of halogens is 2. The zero-order valence-corrected chi connectivity index (χ0v) is 11.9. The number of ether oxygens (including phenoxy) is 1. The quantitative estimate of drug-likeness (QED) is 0.623. The van der Waals surface area contributed by atoms with Crippen LogP contribution in [-0.2, 0) is 4.74 Å². The van der Waals surface area contributed by atoms with Crippen molar-refractivity contribution in [3.63, 3.8) is 0 Å². The average Bonchev–Trinajstić information content (AvgIpc) is 2.15. The number of aliphatic hydroxyl groups is 1. The van der Waals surface area contributed by atoms with E-state index in [1.54, 1.807) is 13.4 Å². The summed E-state index contributed by atoms with van der Waals surface area (Å²) in [5, 5.41) is 7.00. The predicted octanol–water partition coefficient (Wildman–Crippen LogP) is 2.89. The van der Waals surface area contributed by atoms with E-state index < -0.39 is 12.5 Å². The maximum absolute atomic E-state index is 7.00. The summed E-state index contributed by atoms with van der Waals surface area (Å²) >= 11 is -1.80.